The summed E-state index contributed by atoms with van der Waals surface area (Å²) >= 11 is 3.30. The molecule has 114 valence electrons. The summed E-state index contributed by atoms with van der Waals surface area (Å²) in [5, 5.41) is 5.08. The van der Waals surface area contributed by atoms with E-state index in [2.05, 4.69) is 26.6 Å². The minimum Gasteiger partial charge on any atom is -0.351 e. The van der Waals surface area contributed by atoms with Gasteiger partial charge in [0.15, 0.2) is 0 Å². The molecule has 0 saturated carbocycles. The number of carbonyl (C=O) groups excluding carboxylic acids is 2. The molecule has 0 aliphatic carbocycles. The van der Waals surface area contributed by atoms with Crippen LogP contribution in [-0.2, 0) is 6.54 Å². The van der Waals surface area contributed by atoms with Crippen LogP contribution in [0.5, 0.6) is 0 Å². The van der Waals surface area contributed by atoms with Crippen LogP contribution >= 0.6 is 15.9 Å². The molecule has 0 unspecified atom stereocenters. The van der Waals surface area contributed by atoms with E-state index in [9.17, 15) is 14.0 Å². The molecule has 0 radical (unpaired) electrons. The van der Waals surface area contributed by atoms with Crippen molar-refractivity contribution >= 4 is 33.6 Å². The largest absolute Gasteiger partial charge is 0.351 e. The Kier molecular flexibility index (Phi) is 5.11. The maximum Gasteiger partial charge on any atom is 0.316 e. The van der Waals surface area contributed by atoms with Gasteiger partial charge >= 0.3 is 6.03 Å². The lowest BCUT2D eigenvalue weighted by Crippen LogP contribution is -2.24. The Bertz CT molecular complexity index is 722. The van der Waals surface area contributed by atoms with Gasteiger partial charge in [-0.15, -0.1) is 0 Å². The predicted molar refractivity (Wildman–Crippen MR) is 84.9 cm³/mol. The third-order valence-electron chi connectivity index (χ3n) is 2.84. The summed E-state index contributed by atoms with van der Waals surface area (Å²) in [6.07, 6.45) is 0. The summed E-state index contributed by atoms with van der Waals surface area (Å²) in [5.74, 6) is -0.718. The molecule has 0 aromatic heterocycles. The second kappa shape index (κ2) is 7.04. The summed E-state index contributed by atoms with van der Waals surface area (Å²) in [6.45, 7) is 0.171. The minimum absolute atomic E-state index is 0.171. The van der Waals surface area contributed by atoms with Crippen LogP contribution in [0.15, 0.2) is 46.9 Å². The van der Waals surface area contributed by atoms with E-state index in [1.54, 1.807) is 24.3 Å². The van der Waals surface area contributed by atoms with E-state index in [-0.39, 0.29) is 18.3 Å². The number of benzene rings is 2. The highest BCUT2D eigenvalue weighted by atomic mass is 79.9. The molecule has 0 aliphatic heterocycles. The van der Waals surface area contributed by atoms with Crippen molar-refractivity contribution in [2.24, 2.45) is 5.73 Å². The molecule has 2 aromatic rings. The van der Waals surface area contributed by atoms with Gasteiger partial charge in [0.2, 0.25) is 0 Å². The van der Waals surface area contributed by atoms with E-state index in [1.807, 2.05) is 0 Å². The fraction of sp³-hybridized carbons (Fsp3) is 0.0667. The van der Waals surface area contributed by atoms with Crippen LogP contribution in [-0.4, -0.2) is 11.9 Å². The third kappa shape index (κ3) is 4.29. The average Bonchev–Trinajstić information content (AvgIpc) is 2.47. The molecular weight excluding hydrogens is 353 g/mol. The van der Waals surface area contributed by atoms with Gasteiger partial charge in [0.25, 0.3) is 5.91 Å². The van der Waals surface area contributed by atoms with Crippen LogP contribution in [0.1, 0.15) is 15.9 Å². The first-order chi connectivity index (χ1) is 10.5. The number of anilines is 1. The molecule has 7 heteroatoms. The highest BCUT2D eigenvalue weighted by Crippen LogP contribution is 2.18. The normalized spacial score (nSPS) is 10.1. The Morgan fingerprint density at radius 1 is 1.18 bits per heavy atom. The van der Waals surface area contributed by atoms with Gasteiger partial charge in [-0.1, -0.05) is 22.0 Å². The predicted octanol–water partition coefficient (Wildman–Crippen LogP) is 3.01. The lowest BCUT2D eigenvalue weighted by atomic mass is 10.1. The quantitative estimate of drug-likeness (QED) is 0.777. The maximum atomic E-state index is 13.2. The summed E-state index contributed by atoms with van der Waals surface area (Å²) < 4.78 is 13.9. The zero-order chi connectivity index (χ0) is 16.1. The molecule has 5 nitrogen and oxygen atoms in total. The molecule has 0 heterocycles. The first kappa shape index (κ1) is 16.0. The van der Waals surface area contributed by atoms with Gasteiger partial charge < -0.3 is 16.4 Å². The fourth-order valence-electron chi connectivity index (χ4n) is 1.84. The second-order valence-electron chi connectivity index (χ2n) is 4.49. The van der Waals surface area contributed by atoms with E-state index in [1.165, 1.54) is 18.2 Å². The van der Waals surface area contributed by atoms with Crippen molar-refractivity contribution in [3.63, 3.8) is 0 Å². The van der Waals surface area contributed by atoms with Crippen molar-refractivity contribution < 1.29 is 14.0 Å². The van der Waals surface area contributed by atoms with E-state index >= 15 is 0 Å². The summed E-state index contributed by atoms with van der Waals surface area (Å²) in [4.78, 5) is 22.9. The monoisotopic (exact) mass is 365 g/mol. The average molecular weight is 366 g/mol. The molecule has 0 saturated heterocycles. The number of nitrogens with two attached hydrogens (primary N) is 1. The topological polar surface area (TPSA) is 84.2 Å². The molecule has 2 rings (SSSR count). The van der Waals surface area contributed by atoms with E-state index in [0.717, 1.165) is 0 Å². The number of primary amides is 1. The lowest BCUT2D eigenvalue weighted by molar-refractivity contribution is 0.0950. The van der Waals surface area contributed by atoms with Crippen LogP contribution in [0, 0.1) is 5.82 Å². The Morgan fingerprint density at radius 2 is 1.95 bits per heavy atom. The first-order valence-electron chi connectivity index (χ1n) is 6.34. The van der Waals surface area contributed by atoms with Gasteiger partial charge in [0.05, 0.1) is 0 Å². The summed E-state index contributed by atoms with van der Waals surface area (Å²) in [7, 11) is 0. The van der Waals surface area contributed by atoms with Gasteiger partial charge in [-0.25, -0.2) is 9.18 Å². The van der Waals surface area contributed by atoms with E-state index in [4.69, 9.17) is 5.73 Å². The van der Waals surface area contributed by atoms with Crippen LogP contribution in [0.3, 0.4) is 0 Å². The second-order valence-corrected chi connectivity index (χ2v) is 5.34. The molecule has 4 N–H and O–H groups in total. The van der Waals surface area contributed by atoms with Gasteiger partial charge in [-0.2, -0.15) is 0 Å². The molecule has 0 aliphatic rings. The number of rotatable bonds is 4. The molecule has 22 heavy (non-hydrogen) atoms. The van der Waals surface area contributed by atoms with Crippen molar-refractivity contribution in [2.45, 2.75) is 6.54 Å². The third-order valence-corrected chi connectivity index (χ3v) is 3.61. The highest BCUT2D eigenvalue weighted by Gasteiger charge is 2.08. The summed E-state index contributed by atoms with van der Waals surface area (Å²) in [5.41, 5.74) is 6.43. The van der Waals surface area contributed by atoms with Crippen molar-refractivity contribution in [3.8, 4) is 0 Å². The van der Waals surface area contributed by atoms with Crippen LogP contribution in [0.2, 0.25) is 0 Å². The van der Waals surface area contributed by atoms with E-state index < -0.39 is 6.03 Å². The number of hydrogen-bond donors (Lipinski definition) is 3. The first-order valence-corrected chi connectivity index (χ1v) is 7.13. The van der Waals surface area contributed by atoms with Crippen LogP contribution in [0.4, 0.5) is 14.9 Å². The molecular formula is C15H13BrFN3O2. The van der Waals surface area contributed by atoms with Gasteiger partial charge in [-0.3, -0.25) is 4.79 Å². The Hall–Kier alpha value is -2.41. The van der Waals surface area contributed by atoms with Gasteiger partial charge in [0.1, 0.15) is 5.82 Å². The number of nitrogens with one attached hydrogen (secondary N) is 2. The molecule has 2 aromatic carbocycles. The fourth-order valence-corrected chi connectivity index (χ4v) is 2.22. The van der Waals surface area contributed by atoms with Crippen molar-refractivity contribution in [1.29, 1.82) is 0 Å². The molecule has 0 spiro atoms. The Balaban J connectivity index is 2.06. The molecule has 3 amide bonds. The minimum atomic E-state index is -0.707. The number of carbonyl (C=O) groups is 2. The van der Waals surface area contributed by atoms with E-state index in [0.29, 0.717) is 21.3 Å². The maximum absolute atomic E-state index is 13.2. The van der Waals surface area contributed by atoms with Crippen molar-refractivity contribution in [3.05, 3.63) is 63.9 Å². The number of amides is 3. The van der Waals surface area contributed by atoms with Gasteiger partial charge in [-0.05, 0) is 42.0 Å². The number of halogens is 2. The zero-order valence-electron chi connectivity index (χ0n) is 11.4. The van der Waals surface area contributed by atoms with Crippen molar-refractivity contribution in [1.82, 2.24) is 5.32 Å². The van der Waals surface area contributed by atoms with Crippen LogP contribution in [0.25, 0.3) is 0 Å². The van der Waals surface area contributed by atoms with Gasteiger partial charge in [0, 0.05) is 22.3 Å². The SMILES string of the molecule is NC(=O)Nc1cccc(C(=O)NCc2cc(F)ccc2Br)c1. The smallest absolute Gasteiger partial charge is 0.316 e. The van der Waals surface area contributed by atoms with Crippen molar-refractivity contribution in [2.75, 3.05) is 5.32 Å². The Labute approximate surface area is 134 Å². The highest BCUT2D eigenvalue weighted by molar-refractivity contribution is 9.10. The van der Waals surface area contributed by atoms with Crippen LogP contribution < -0.4 is 16.4 Å². The molecule has 0 bridgehead atoms. The molecule has 0 fully saturated rings. The number of urea groups is 1. The summed E-state index contributed by atoms with van der Waals surface area (Å²) in [6, 6.07) is 9.88. The zero-order valence-corrected chi connectivity index (χ0v) is 13.0. The molecule has 0 atom stereocenters. The number of hydrogen-bond acceptors (Lipinski definition) is 2. The Morgan fingerprint density at radius 3 is 2.68 bits per heavy atom. The standard InChI is InChI=1S/C15H13BrFN3O2/c16-13-5-4-11(17)6-10(13)8-19-14(21)9-2-1-3-12(7-9)20-15(18)22/h1-7H,8H2,(H,19,21)(H3,18,20,22). The lowest BCUT2D eigenvalue weighted by Gasteiger charge is -2.09.